The van der Waals surface area contributed by atoms with Gasteiger partial charge in [-0.1, -0.05) is 41.5 Å². The second-order valence-corrected chi connectivity index (χ2v) is 27.6. The third-order valence-corrected chi connectivity index (χ3v) is 18.5. The quantitative estimate of drug-likeness (QED) is 0.0119. The van der Waals surface area contributed by atoms with E-state index in [0.717, 1.165) is 0 Å². The van der Waals surface area contributed by atoms with Crippen LogP contribution in [0.2, 0.25) is 0 Å². The SMILES string of the molecule is I.[B].[B]C1CC(OP([O-])(=S)OCC)C(COP([O-])(=S)OC2CC([B])OC2COP([O-])(=S)OC2CC([B]/C=C/C3(O)C(C)OC(OC4CC(O)(N=C(N)N)C(N=C(N)N)C(O)C4O)C3OC3OC(CO)C(O)C(O)C3NC)OC2COC)O1.[H-].[Na+]. The number of aliphatic imine (C=N–C) groups is 2. The van der Waals surface area contributed by atoms with Crippen molar-refractivity contribution < 1.29 is 146 Å². The van der Waals surface area contributed by atoms with Crippen LogP contribution < -0.4 is 72.5 Å². The molecule has 5 saturated heterocycles. The first kappa shape index (κ1) is 78.5. The Morgan fingerprint density at radius 3 is 1.78 bits per heavy atom. The molecule has 1 saturated carbocycles. The predicted octanol–water partition coefficient (Wildman–Crippen LogP) is -11.1. The molecule has 6 fully saturated rings. The van der Waals surface area contributed by atoms with Crippen molar-refractivity contribution in [3.63, 3.8) is 0 Å². The van der Waals surface area contributed by atoms with E-state index in [9.17, 15) is 50.4 Å². The first-order valence-electron chi connectivity index (χ1n) is 25.0. The largest absolute Gasteiger partial charge is 1.00 e. The number of ether oxygens (including phenoxy) is 8. The van der Waals surface area contributed by atoms with Crippen molar-refractivity contribution in [1.29, 1.82) is 0 Å². The Hall–Kier alpha value is 1.22. The molecule has 0 bridgehead atoms. The van der Waals surface area contributed by atoms with Gasteiger partial charge < -0.3 is 145 Å². The van der Waals surface area contributed by atoms with Gasteiger partial charge in [-0.15, -0.1) is 30.0 Å². The van der Waals surface area contributed by atoms with E-state index in [2.05, 4.69) is 15.3 Å². The number of aliphatic hydroxyl groups is 7. The van der Waals surface area contributed by atoms with Gasteiger partial charge in [-0.2, -0.15) is 0 Å². The van der Waals surface area contributed by atoms with Gasteiger partial charge in [0, 0.05) is 40.0 Å². The van der Waals surface area contributed by atoms with Crippen LogP contribution in [0.1, 0.15) is 41.0 Å². The van der Waals surface area contributed by atoms with Crippen LogP contribution in [-0.4, -0.2) is 266 Å². The van der Waals surface area contributed by atoms with Gasteiger partial charge >= 0.3 is 29.6 Å². The van der Waals surface area contributed by atoms with E-state index in [-0.39, 0.29) is 95.8 Å². The Labute approximate surface area is 541 Å². The third kappa shape index (κ3) is 20.9. The van der Waals surface area contributed by atoms with Crippen molar-refractivity contribution in [2.24, 2.45) is 32.9 Å². The van der Waals surface area contributed by atoms with E-state index in [1.807, 2.05) is 0 Å². The van der Waals surface area contributed by atoms with E-state index < -0.39 is 198 Å². The summed E-state index contributed by atoms with van der Waals surface area (Å²) in [6.07, 6.45) is -21.7. The van der Waals surface area contributed by atoms with Gasteiger partial charge in [0.2, 0.25) is 0 Å². The van der Waals surface area contributed by atoms with Crippen LogP contribution in [0.15, 0.2) is 22.0 Å². The zero-order valence-electron chi connectivity index (χ0n) is 46.7. The minimum atomic E-state index is -4.42. The summed E-state index contributed by atoms with van der Waals surface area (Å²) in [6, 6.07) is -5.55. The van der Waals surface area contributed by atoms with Crippen molar-refractivity contribution in [2.45, 2.75) is 179 Å². The van der Waals surface area contributed by atoms with E-state index in [1.165, 1.54) is 40.4 Å². The zero-order valence-corrected chi connectivity index (χ0v) is 55.2. The number of aliphatic hydroxyl groups excluding tert-OH is 5. The summed E-state index contributed by atoms with van der Waals surface area (Å²) < 4.78 is 80.1. The molecule has 5 aliphatic heterocycles. The van der Waals surface area contributed by atoms with Crippen molar-refractivity contribution in [3.8, 4) is 0 Å². The second kappa shape index (κ2) is 33.7. The Morgan fingerprint density at radius 2 is 1.29 bits per heavy atom. The summed E-state index contributed by atoms with van der Waals surface area (Å²) >= 11 is 15.3. The third-order valence-electron chi connectivity index (χ3n) is 13.7. The Bertz CT molecular complexity index is 2320. The van der Waals surface area contributed by atoms with Crippen LogP contribution in [0.4, 0.5) is 0 Å². The average Bonchev–Trinajstić information content (AvgIpc) is 4.21. The molecule has 0 amide bonds. The number of hydrogen-bond donors (Lipinski definition) is 12. The minimum Gasteiger partial charge on any atom is -1.00 e. The minimum absolute atomic E-state index is 0. The summed E-state index contributed by atoms with van der Waals surface area (Å²) in [5, 5.41) is 81.2. The van der Waals surface area contributed by atoms with Crippen molar-refractivity contribution in [2.75, 3.05) is 47.2 Å². The molecule has 43 heteroatoms. The smallest absolute Gasteiger partial charge is 1.00 e. The van der Waals surface area contributed by atoms with Gasteiger partial charge in [0.15, 0.2) is 37.5 Å². The number of nitrogens with two attached hydrogens (primary N) is 4. The molecule has 83 heavy (non-hydrogen) atoms. The van der Waals surface area contributed by atoms with E-state index in [4.69, 9.17) is 139 Å². The maximum Gasteiger partial charge on any atom is 1.00 e. The molecule has 16 N–H and O–H groups in total. The number of likely N-dealkylation sites (N-methyl/N-ethyl adjacent to an activating group) is 1. The molecule has 26 unspecified atom stereocenters. The van der Waals surface area contributed by atoms with Crippen LogP contribution in [-0.2, 0) is 100 Å². The van der Waals surface area contributed by atoms with Gasteiger partial charge in [0.1, 0.15) is 102 Å². The van der Waals surface area contributed by atoms with Crippen molar-refractivity contribution in [3.05, 3.63) is 12.1 Å². The molecule has 6 aliphatic rings. The first-order valence-corrected chi connectivity index (χ1v) is 32.7. The van der Waals surface area contributed by atoms with Gasteiger partial charge in [-0.05, 0) is 40.2 Å². The molecule has 0 aromatic rings. The molecular weight excluding hydrogens is 1340 g/mol. The number of methoxy groups -OCH3 is 1. The van der Waals surface area contributed by atoms with Crippen LogP contribution in [0.5, 0.6) is 0 Å². The summed E-state index contributed by atoms with van der Waals surface area (Å²) in [7, 11) is 16.2. The Morgan fingerprint density at radius 1 is 0.759 bits per heavy atom. The summed E-state index contributed by atoms with van der Waals surface area (Å²) in [5.41, 5.74) is 17.6. The number of rotatable bonds is 27. The molecule has 0 aromatic heterocycles. The zero-order chi connectivity index (χ0) is 59.3. The fourth-order valence-electron chi connectivity index (χ4n) is 9.90. The average molecular weight is 1420 g/mol. The van der Waals surface area contributed by atoms with Gasteiger partial charge in [0.25, 0.3) is 0 Å². The standard InChI is InChI=1S/C40H72B3N7O24P3S3.B.HI.Na.H/c1-5-62-75(58,78)72-17-8-25(41)66-23(17)14-63-76(59,79)73-18-9-26(42)67-24(18)15-64-77(60,80)74-19-10-27(68-22(19)13-61-4)43-7-6-39(56)16(2)65-36(34(39)71-35-28(48-3)31(54)30(53)21(12-51)70-35)69-20-11-40(57,50-38(46)47)33(49-37(44)45)32(55)29(20)52;;;;/h6-7,16-36,48,51-57H,5,8-15H2,1-4H3,(H,58,78)(H,59,79)(H,60,80)(H4,44,45,49)(H4,46,47,50);;1H;;/q;;;+1;-1/p-3/b7-6+;;;;. The maximum absolute atomic E-state index is 13.8. The predicted molar refractivity (Wildman–Crippen MR) is 308 cm³/mol. The van der Waals surface area contributed by atoms with Crippen LogP contribution in [0.3, 0.4) is 0 Å². The number of hydrogen-bond acceptors (Lipinski definition) is 30. The fraction of sp³-hybridized carbons (Fsp3) is 0.900. The van der Waals surface area contributed by atoms with Gasteiger partial charge in [-0.3, -0.25) is 0 Å². The van der Waals surface area contributed by atoms with E-state index in [0.29, 0.717) is 0 Å². The normalized spacial score (nSPS) is 42.0. The van der Waals surface area contributed by atoms with Crippen LogP contribution >= 0.6 is 44.1 Å². The number of guanidine groups is 2. The number of nitrogens with zero attached hydrogens (tertiary/aromatic N) is 2. The molecule has 0 aromatic carbocycles. The van der Waals surface area contributed by atoms with E-state index >= 15 is 0 Å². The Balaban J connectivity index is 0.00000602. The maximum atomic E-state index is 13.8. The molecule has 26 atom stereocenters. The molecule has 6 rings (SSSR count). The second-order valence-electron chi connectivity index (χ2n) is 19.5. The van der Waals surface area contributed by atoms with Crippen LogP contribution in [0.25, 0.3) is 0 Å². The molecule has 0 spiro atoms. The number of halogens is 1. The first-order chi connectivity index (χ1) is 37.4. The molecule has 466 valence electrons. The number of nitrogens with one attached hydrogen (secondary N) is 1. The monoisotopic (exact) mass is 1420 g/mol. The summed E-state index contributed by atoms with van der Waals surface area (Å²) in [6.45, 7) is -11.5. The topological polar surface area (TPSA) is 481 Å². The van der Waals surface area contributed by atoms with Gasteiger partial charge in [0.05, 0.1) is 69.6 Å². The fourth-order valence-corrected chi connectivity index (χ4v) is 14.4. The molecule has 31 nitrogen and oxygen atoms in total. The molecule has 8 radical (unpaired) electrons. The van der Waals surface area contributed by atoms with Crippen LogP contribution in [0, 0.1) is 0 Å². The molecular formula is C40H71B4IN7NaO24P3S3-3. The van der Waals surface area contributed by atoms with Crippen molar-refractivity contribution in [1.82, 2.24) is 5.32 Å². The molecule has 5 heterocycles. The van der Waals surface area contributed by atoms with E-state index in [1.54, 1.807) is 6.92 Å². The molecule has 1 aliphatic carbocycles. The van der Waals surface area contributed by atoms with Crippen molar-refractivity contribution >= 4 is 123 Å². The summed E-state index contributed by atoms with van der Waals surface area (Å²) in [5.74, 6) is 0.153. The van der Waals surface area contributed by atoms with Gasteiger partial charge in [-0.25, -0.2) is 9.98 Å². The Kier molecular flexibility index (Phi) is 31.8. The summed E-state index contributed by atoms with van der Waals surface area (Å²) in [4.78, 5) is 47.4.